The number of anilines is 1. The van der Waals surface area contributed by atoms with E-state index < -0.39 is 0 Å². The van der Waals surface area contributed by atoms with Crippen molar-refractivity contribution < 1.29 is 14.5 Å². The van der Waals surface area contributed by atoms with Crippen molar-refractivity contribution in [2.75, 3.05) is 45.3 Å². The van der Waals surface area contributed by atoms with Crippen LogP contribution in [0.5, 0.6) is 11.5 Å². The van der Waals surface area contributed by atoms with Crippen molar-refractivity contribution in [2.45, 2.75) is 0 Å². The molecule has 0 unspecified atom stereocenters. The lowest BCUT2D eigenvalue weighted by molar-refractivity contribution is -0.848. The SMILES string of the molecule is COc1cc(OC)cc(N2CC[NH+]([O-])CC2)c1. The number of benzene rings is 1. The van der Waals surface area contributed by atoms with Gasteiger partial charge >= 0.3 is 0 Å². The normalized spacial score (nSPS) is 17.0. The fourth-order valence-electron chi connectivity index (χ4n) is 1.99. The van der Waals surface area contributed by atoms with E-state index in [4.69, 9.17) is 9.47 Å². The van der Waals surface area contributed by atoms with E-state index in [2.05, 4.69) is 4.90 Å². The number of nitrogens with zero attached hydrogens (tertiary/aromatic N) is 1. The molecular weight excluding hydrogens is 220 g/mol. The van der Waals surface area contributed by atoms with Crippen LogP contribution in [-0.2, 0) is 0 Å². The molecule has 0 radical (unpaired) electrons. The minimum atomic E-state index is 0.344. The predicted octanol–water partition coefficient (Wildman–Crippen LogP) is -0.0935. The summed E-state index contributed by atoms with van der Waals surface area (Å²) in [6, 6.07) is 5.79. The first kappa shape index (κ1) is 12.0. The van der Waals surface area contributed by atoms with Gasteiger partial charge in [-0.2, -0.15) is 0 Å². The van der Waals surface area contributed by atoms with Gasteiger partial charge in [-0.05, 0) is 0 Å². The molecule has 1 aromatic carbocycles. The van der Waals surface area contributed by atoms with Crippen molar-refractivity contribution in [3.8, 4) is 11.5 Å². The highest BCUT2D eigenvalue weighted by molar-refractivity contribution is 5.55. The van der Waals surface area contributed by atoms with Gasteiger partial charge in [-0.1, -0.05) is 0 Å². The van der Waals surface area contributed by atoms with Crippen molar-refractivity contribution >= 4 is 5.69 Å². The van der Waals surface area contributed by atoms with Gasteiger partial charge < -0.3 is 24.6 Å². The summed E-state index contributed by atoms with van der Waals surface area (Å²) in [4.78, 5) is 2.19. The van der Waals surface area contributed by atoms with Gasteiger partial charge in [-0.15, -0.1) is 0 Å². The lowest BCUT2D eigenvalue weighted by atomic mass is 10.2. The van der Waals surface area contributed by atoms with Crippen LogP contribution in [0.2, 0.25) is 0 Å². The Morgan fingerprint density at radius 2 is 1.59 bits per heavy atom. The summed E-state index contributed by atoms with van der Waals surface area (Å²) < 4.78 is 10.5. The van der Waals surface area contributed by atoms with Gasteiger partial charge in [0.25, 0.3) is 0 Å². The number of rotatable bonds is 3. The second kappa shape index (κ2) is 5.25. The molecule has 1 saturated heterocycles. The van der Waals surface area contributed by atoms with Crippen LogP contribution < -0.4 is 19.4 Å². The third kappa shape index (κ3) is 2.81. The molecule has 1 aliphatic heterocycles. The second-order valence-corrected chi connectivity index (χ2v) is 4.10. The Bertz CT molecular complexity index is 354. The van der Waals surface area contributed by atoms with Gasteiger partial charge in [0.1, 0.15) is 11.5 Å². The van der Waals surface area contributed by atoms with Crippen LogP contribution >= 0.6 is 0 Å². The van der Waals surface area contributed by atoms with Crippen LogP contribution in [0.4, 0.5) is 5.69 Å². The lowest BCUT2D eigenvalue weighted by Gasteiger charge is -2.35. The first-order valence-electron chi connectivity index (χ1n) is 5.72. The zero-order valence-electron chi connectivity index (χ0n) is 10.2. The van der Waals surface area contributed by atoms with E-state index in [1.807, 2.05) is 18.2 Å². The fourth-order valence-corrected chi connectivity index (χ4v) is 1.99. The Kier molecular flexibility index (Phi) is 3.71. The highest BCUT2D eigenvalue weighted by Gasteiger charge is 2.16. The Balaban J connectivity index is 2.19. The zero-order chi connectivity index (χ0) is 12.3. The maximum Gasteiger partial charge on any atom is 0.124 e. The molecule has 1 fully saturated rings. The van der Waals surface area contributed by atoms with E-state index in [-0.39, 0.29) is 0 Å². The van der Waals surface area contributed by atoms with Crippen LogP contribution in [0.1, 0.15) is 0 Å². The molecule has 5 heteroatoms. The Labute approximate surface area is 101 Å². The lowest BCUT2D eigenvalue weighted by Crippen LogP contribution is -3.10. The van der Waals surface area contributed by atoms with Gasteiger partial charge in [0.15, 0.2) is 0 Å². The highest BCUT2D eigenvalue weighted by atomic mass is 16.5. The molecule has 0 bridgehead atoms. The quantitative estimate of drug-likeness (QED) is 0.748. The summed E-state index contributed by atoms with van der Waals surface area (Å²) in [6.07, 6.45) is 0. The maximum atomic E-state index is 11.2. The monoisotopic (exact) mass is 238 g/mol. The minimum Gasteiger partial charge on any atom is -0.634 e. The van der Waals surface area contributed by atoms with Crippen LogP contribution in [0.15, 0.2) is 18.2 Å². The Hall–Kier alpha value is -1.46. The van der Waals surface area contributed by atoms with Gasteiger partial charge in [-0.25, -0.2) is 0 Å². The van der Waals surface area contributed by atoms with Crippen LogP contribution in [0, 0.1) is 5.21 Å². The first-order valence-corrected chi connectivity index (χ1v) is 5.72. The molecule has 0 saturated carbocycles. The average Bonchev–Trinajstić information content (AvgIpc) is 2.39. The van der Waals surface area contributed by atoms with E-state index in [1.54, 1.807) is 14.2 Å². The van der Waals surface area contributed by atoms with E-state index in [9.17, 15) is 5.21 Å². The highest BCUT2D eigenvalue weighted by Crippen LogP contribution is 2.28. The van der Waals surface area contributed by atoms with Crippen LogP contribution in [0.3, 0.4) is 0 Å². The molecule has 0 aromatic heterocycles. The zero-order valence-corrected chi connectivity index (χ0v) is 10.2. The van der Waals surface area contributed by atoms with E-state index in [1.165, 1.54) is 0 Å². The van der Waals surface area contributed by atoms with Crippen LogP contribution in [0.25, 0.3) is 0 Å². The second-order valence-electron chi connectivity index (χ2n) is 4.10. The number of quaternary nitrogens is 1. The maximum absolute atomic E-state index is 11.2. The minimum absolute atomic E-state index is 0.344. The summed E-state index contributed by atoms with van der Waals surface area (Å²) in [5.41, 5.74) is 1.05. The smallest absolute Gasteiger partial charge is 0.124 e. The molecule has 17 heavy (non-hydrogen) atoms. The van der Waals surface area contributed by atoms with E-state index in [0.29, 0.717) is 18.2 Å². The number of hydrogen-bond acceptors (Lipinski definition) is 4. The summed E-state index contributed by atoms with van der Waals surface area (Å²) in [5, 5.41) is 11.6. The van der Waals surface area contributed by atoms with Gasteiger partial charge in [0.2, 0.25) is 0 Å². The molecule has 1 aliphatic rings. The van der Waals surface area contributed by atoms with Crippen molar-refractivity contribution in [3.05, 3.63) is 23.4 Å². The molecular formula is C12H18N2O3. The standard InChI is InChI=1S/C12H18N2O3/c1-16-11-7-10(8-12(9-11)17-2)13-3-5-14(15)6-4-13/h7-9,14H,3-6H2,1-2H3. The number of methoxy groups -OCH3 is 2. The number of ether oxygens (including phenoxy) is 2. The molecule has 0 amide bonds. The third-order valence-corrected chi connectivity index (χ3v) is 3.02. The Morgan fingerprint density at radius 1 is 1.06 bits per heavy atom. The van der Waals surface area contributed by atoms with Crippen molar-refractivity contribution in [1.29, 1.82) is 0 Å². The van der Waals surface area contributed by atoms with Gasteiger partial charge in [0.05, 0.1) is 40.4 Å². The summed E-state index contributed by atoms with van der Waals surface area (Å²) >= 11 is 0. The van der Waals surface area contributed by atoms with E-state index in [0.717, 1.165) is 30.3 Å². The topological polar surface area (TPSA) is 49.2 Å². The molecule has 0 atom stereocenters. The van der Waals surface area contributed by atoms with Crippen molar-refractivity contribution in [2.24, 2.45) is 0 Å². The van der Waals surface area contributed by atoms with Gasteiger partial charge in [-0.3, -0.25) is 0 Å². The number of hydroxylamine groups is 2. The molecule has 1 N–H and O–H groups in total. The number of hydrogen-bond donors (Lipinski definition) is 1. The number of piperazine rings is 1. The van der Waals surface area contributed by atoms with Gasteiger partial charge in [0, 0.05) is 23.9 Å². The molecule has 5 nitrogen and oxygen atoms in total. The summed E-state index contributed by atoms with van der Waals surface area (Å²) in [5.74, 6) is 1.55. The van der Waals surface area contributed by atoms with Crippen molar-refractivity contribution in [3.63, 3.8) is 0 Å². The fraction of sp³-hybridized carbons (Fsp3) is 0.500. The molecule has 1 heterocycles. The average molecular weight is 238 g/mol. The largest absolute Gasteiger partial charge is 0.634 e. The van der Waals surface area contributed by atoms with Crippen molar-refractivity contribution in [1.82, 2.24) is 0 Å². The summed E-state index contributed by atoms with van der Waals surface area (Å²) in [6.45, 7) is 2.80. The molecule has 0 aliphatic carbocycles. The summed E-state index contributed by atoms with van der Waals surface area (Å²) in [7, 11) is 3.27. The molecule has 2 rings (SSSR count). The van der Waals surface area contributed by atoms with Crippen LogP contribution in [-0.4, -0.2) is 40.4 Å². The molecule has 94 valence electrons. The molecule has 0 spiro atoms. The first-order chi connectivity index (χ1) is 8.22. The van der Waals surface area contributed by atoms with E-state index >= 15 is 0 Å². The number of nitrogens with one attached hydrogen (secondary N) is 1. The molecule has 1 aromatic rings. The third-order valence-electron chi connectivity index (χ3n) is 3.02. The Morgan fingerprint density at radius 3 is 2.06 bits per heavy atom. The predicted molar refractivity (Wildman–Crippen MR) is 65.8 cm³/mol.